The molecule has 0 radical (unpaired) electrons. The second-order valence-electron chi connectivity index (χ2n) is 4.55. The summed E-state index contributed by atoms with van der Waals surface area (Å²) in [6.07, 6.45) is 0. The molecule has 3 N–H and O–H groups in total. The molecule has 0 aliphatic rings. The molecule has 0 spiro atoms. The number of anilines is 1. The highest BCUT2D eigenvalue weighted by molar-refractivity contribution is 6.33. The zero-order valence-corrected chi connectivity index (χ0v) is 13.1. The molecule has 0 aliphatic heterocycles. The van der Waals surface area contributed by atoms with E-state index in [1.807, 2.05) is 0 Å². The number of methoxy groups -OCH3 is 1. The number of para-hydroxylation sites is 1. The van der Waals surface area contributed by atoms with E-state index in [9.17, 15) is 9.59 Å². The first-order valence-electron chi connectivity index (χ1n) is 6.66. The highest BCUT2D eigenvalue weighted by Crippen LogP contribution is 2.29. The van der Waals surface area contributed by atoms with Gasteiger partial charge in [-0.2, -0.15) is 0 Å². The Balaban J connectivity index is 2.18. The zero-order chi connectivity index (χ0) is 16.8. The first-order chi connectivity index (χ1) is 11.0. The van der Waals surface area contributed by atoms with Gasteiger partial charge in [-0.1, -0.05) is 23.7 Å². The lowest BCUT2D eigenvalue weighted by molar-refractivity contribution is -0.119. The van der Waals surface area contributed by atoms with Crippen LogP contribution in [0.4, 0.5) is 5.69 Å². The molecule has 0 unspecified atom stereocenters. The number of rotatable bonds is 6. The summed E-state index contributed by atoms with van der Waals surface area (Å²) in [5.41, 5.74) is 5.89. The second-order valence-corrected chi connectivity index (χ2v) is 4.96. The fourth-order valence-corrected chi connectivity index (χ4v) is 2.02. The summed E-state index contributed by atoms with van der Waals surface area (Å²) in [4.78, 5) is 23.0. The molecule has 0 aromatic heterocycles. The molecular formula is C16H15ClN2O4. The molecule has 7 heteroatoms. The molecular weight excluding hydrogens is 320 g/mol. The summed E-state index contributed by atoms with van der Waals surface area (Å²) >= 11 is 6.01. The summed E-state index contributed by atoms with van der Waals surface area (Å²) in [6.45, 7) is -0.276. The largest absolute Gasteiger partial charge is 0.493 e. The van der Waals surface area contributed by atoms with Gasteiger partial charge in [0.1, 0.15) is 0 Å². The molecule has 0 heterocycles. The van der Waals surface area contributed by atoms with E-state index in [1.54, 1.807) is 30.3 Å². The minimum atomic E-state index is -0.604. The predicted molar refractivity (Wildman–Crippen MR) is 87.1 cm³/mol. The van der Waals surface area contributed by atoms with Gasteiger partial charge in [-0.05, 0) is 30.3 Å². The maximum absolute atomic E-state index is 12.3. The maximum atomic E-state index is 12.3. The first-order valence-corrected chi connectivity index (χ1v) is 7.04. The van der Waals surface area contributed by atoms with Gasteiger partial charge in [-0.3, -0.25) is 9.59 Å². The number of ether oxygens (including phenoxy) is 2. The summed E-state index contributed by atoms with van der Waals surface area (Å²) in [5, 5.41) is 3.15. The van der Waals surface area contributed by atoms with Crippen LogP contribution in [0.2, 0.25) is 5.02 Å². The van der Waals surface area contributed by atoms with Gasteiger partial charge in [0.15, 0.2) is 18.1 Å². The fourth-order valence-electron chi connectivity index (χ4n) is 1.83. The Bertz CT molecular complexity index is 734. The minimum Gasteiger partial charge on any atom is -0.493 e. The van der Waals surface area contributed by atoms with Gasteiger partial charge in [0.05, 0.1) is 17.8 Å². The zero-order valence-electron chi connectivity index (χ0n) is 12.3. The highest BCUT2D eigenvalue weighted by atomic mass is 35.5. The van der Waals surface area contributed by atoms with Crippen LogP contribution < -0.4 is 20.5 Å². The van der Waals surface area contributed by atoms with Gasteiger partial charge in [0.25, 0.3) is 11.8 Å². The van der Waals surface area contributed by atoms with Crippen molar-refractivity contribution in [2.45, 2.75) is 0 Å². The third-order valence-electron chi connectivity index (χ3n) is 2.92. The maximum Gasteiger partial charge on any atom is 0.255 e. The van der Waals surface area contributed by atoms with E-state index in [2.05, 4.69) is 5.32 Å². The molecule has 2 rings (SSSR count). The van der Waals surface area contributed by atoms with Crippen molar-refractivity contribution in [1.29, 1.82) is 0 Å². The van der Waals surface area contributed by atoms with Crippen LogP contribution in [0.15, 0.2) is 42.5 Å². The fraction of sp³-hybridized carbons (Fsp3) is 0.125. The normalized spacial score (nSPS) is 10.0. The Morgan fingerprint density at radius 3 is 2.57 bits per heavy atom. The third-order valence-corrected chi connectivity index (χ3v) is 3.25. The summed E-state index contributed by atoms with van der Waals surface area (Å²) in [7, 11) is 1.43. The number of benzene rings is 2. The number of carbonyl (C=O) groups excluding carboxylic acids is 2. The van der Waals surface area contributed by atoms with Crippen molar-refractivity contribution in [3.05, 3.63) is 53.1 Å². The van der Waals surface area contributed by atoms with Crippen molar-refractivity contribution in [2.75, 3.05) is 19.0 Å². The van der Waals surface area contributed by atoms with Crippen LogP contribution in [-0.2, 0) is 4.79 Å². The number of hydrogen-bond donors (Lipinski definition) is 2. The Morgan fingerprint density at radius 1 is 1.17 bits per heavy atom. The third kappa shape index (κ3) is 4.37. The Hall–Kier alpha value is -2.73. The van der Waals surface area contributed by atoms with E-state index >= 15 is 0 Å². The molecule has 0 atom stereocenters. The summed E-state index contributed by atoms with van der Waals surface area (Å²) < 4.78 is 10.4. The number of halogens is 1. The van der Waals surface area contributed by atoms with E-state index in [0.717, 1.165) is 0 Å². The molecule has 0 saturated heterocycles. The van der Waals surface area contributed by atoms with Crippen molar-refractivity contribution < 1.29 is 19.1 Å². The number of hydrogen-bond acceptors (Lipinski definition) is 4. The standard InChI is InChI=1S/C16H15ClN2O4/c1-22-14-8-10(6-7-13(14)23-9-15(18)20)16(21)19-12-5-3-2-4-11(12)17/h2-8H,9H2,1H3,(H2,18,20)(H,19,21). The lowest BCUT2D eigenvalue weighted by atomic mass is 10.2. The smallest absolute Gasteiger partial charge is 0.255 e. The quantitative estimate of drug-likeness (QED) is 0.849. The molecule has 2 aromatic carbocycles. The second kappa shape index (κ2) is 7.51. The van der Waals surface area contributed by atoms with Crippen LogP contribution in [0.1, 0.15) is 10.4 Å². The molecule has 0 fully saturated rings. The Morgan fingerprint density at radius 2 is 1.91 bits per heavy atom. The van der Waals surface area contributed by atoms with Crippen molar-refractivity contribution in [2.24, 2.45) is 5.73 Å². The molecule has 6 nitrogen and oxygen atoms in total. The van der Waals surface area contributed by atoms with E-state index < -0.39 is 5.91 Å². The lowest BCUT2D eigenvalue weighted by Gasteiger charge is -2.12. The van der Waals surface area contributed by atoms with Crippen LogP contribution in [0.3, 0.4) is 0 Å². The van der Waals surface area contributed by atoms with Crippen molar-refractivity contribution in [1.82, 2.24) is 0 Å². The van der Waals surface area contributed by atoms with Gasteiger partial charge in [0, 0.05) is 5.56 Å². The number of nitrogens with two attached hydrogens (primary N) is 1. The predicted octanol–water partition coefficient (Wildman–Crippen LogP) is 2.46. The SMILES string of the molecule is COc1cc(C(=O)Nc2ccccc2Cl)ccc1OCC(N)=O. The Labute approximate surface area is 138 Å². The van der Waals surface area contributed by atoms with Gasteiger partial charge < -0.3 is 20.5 Å². The van der Waals surface area contributed by atoms with E-state index in [1.165, 1.54) is 19.2 Å². The van der Waals surface area contributed by atoms with Gasteiger partial charge in [0.2, 0.25) is 0 Å². The highest BCUT2D eigenvalue weighted by Gasteiger charge is 2.13. The van der Waals surface area contributed by atoms with Gasteiger partial charge >= 0.3 is 0 Å². The van der Waals surface area contributed by atoms with E-state index in [-0.39, 0.29) is 12.5 Å². The summed E-state index contributed by atoms with van der Waals surface area (Å²) in [6, 6.07) is 11.5. The van der Waals surface area contributed by atoms with E-state index in [4.69, 9.17) is 26.8 Å². The van der Waals surface area contributed by atoms with Gasteiger partial charge in [-0.15, -0.1) is 0 Å². The average Bonchev–Trinajstić information content (AvgIpc) is 2.54. The number of primary amides is 1. The molecule has 0 aliphatic carbocycles. The molecule has 23 heavy (non-hydrogen) atoms. The van der Waals surface area contributed by atoms with Crippen LogP contribution >= 0.6 is 11.6 Å². The van der Waals surface area contributed by atoms with Crippen molar-refractivity contribution in [3.63, 3.8) is 0 Å². The molecule has 0 bridgehead atoms. The monoisotopic (exact) mass is 334 g/mol. The average molecular weight is 335 g/mol. The number of amides is 2. The Kier molecular flexibility index (Phi) is 5.43. The lowest BCUT2D eigenvalue weighted by Crippen LogP contribution is -2.20. The van der Waals surface area contributed by atoms with E-state index in [0.29, 0.717) is 27.8 Å². The first kappa shape index (κ1) is 16.6. The summed E-state index contributed by atoms with van der Waals surface area (Å²) in [5.74, 6) is -0.316. The molecule has 120 valence electrons. The van der Waals surface area contributed by atoms with Crippen molar-refractivity contribution >= 4 is 29.1 Å². The number of carbonyl (C=O) groups is 2. The molecule has 0 saturated carbocycles. The molecule has 2 aromatic rings. The van der Waals surface area contributed by atoms with Crippen LogP contribution in [-0.4, -0.2) is 25.5 Å². The van der Waals surface area contributed by atoms with Gasteiger partial charge in [-0.25, -0.2) is 0 Å². The van der Waals surface area contributed by atoms with Crippen LogP contribution in [0, 0.1) is 0 Å². The van der Waals surface area contributed by atoms with Crippen molar-refractivity contribution in [3.8, 4) is 11.5 Å². The molecule has 2 amide bonds. The van der Waals surface area contributed by atoms with Crippen LogP contribution in [0.25, 0.3) is 0 Å². The minimum absolute atomic E-state index is 0.276. The van der Waals surface area contributed by atoms with Crippen LogP contribution in [0.5, 0.6) is 11.5 Å². The number of nitrogens with one attached hydrogen (secondary N) is 1. The topological polar surface area (TPSA) is 90.7 Å².